The molecule has 0 amide bonds. The molecule has 2 aromatic rings. The molecular formula is C14H17N3S. The minimum absolute atomic E-state index is 0.735. The van der Waals surface area contributed by atoms with E-state index in [1.54, 1.807) is 11.9 Å². The molecular weight excluding hydrogens is 242 g/mol. The van der Waals surface area contributed by atoms with Gasteiger partial charge in [0.25, 0.3) is 0 Å². The Hall–Kier alpha value is -1.52. The summed E-state index contributed by atoms with van der Waals surface area (Å²) >= 11 is 1.59. The molecule has 0 radical (unpaired) electrons. The highest BCUT2D eigenvalue weighted by atomic mass is 32.2. The molecule has 0 aliphatic rings. The molecule has 1 heterocycles. The average molecular weight is 259 g/mol. The summed E-state index contributed by atoms with van der Waals surface area (Å²) in [7, 11) is 0. The van der Waals surface area contributed by atoms with Crippen molar-refractivity contribution in [3.63, 3.8) is 0 Å². The van der Waals surface area contributed by atoms with Crippen LogP contribution in [0.3, 0.4) is 0 Å². The number of nitrogens with zero attached hydrogens (tertiary/aromatic N) is 1. The number of anilines is 1. The molecule has 94 valence electrons. The zero-order chi connectivity index (χ0) is 13.0. The molecule has 3 nitrogen and oxygen atoms in total. The Kier molecular flexibility index (Phi) is 4.23. The Bertz CT molecular complexity index is 523. The van der Waals surface area contributed by atoms with Crippen molar-refractivity contribution in [3.05, 3.63) is 53.3 Å². The van der Waals surface area contributed by atoms with Crippen molar-refractivity contribution in [2.75, 3.05) is 5.73 Å². The van der Waals surface area contributed by atoms with Gasteiger partial charge >= 0.3 is 0 Å². The molecule has 0 spiro atoms. The summed E-state index contributed by atoms with van der Waals surface area (Å²) in [6.45, 7) is 4.85. The Morgan fingerprint density at radius 1 is 1.22 bits per heavy atom. The third-order valence-electron chi connectivity index (χ3n) is 2.62. The van der Waals surface area contributed by atoms with Crippen LogP contribution in [0.4, 0.5) is 5.69 Å². The van der Waals surface area contributed by atoms with Gasteiger partial charge in [0.1, 0.15) is 0 Å². The molecule has 4 heteroatoms. The zero-order valence-corrected chi connectivity index (χ0v) is 11.4. The SMILES string of the molecule is Cc1ccc(CNSc2cc(N)ccc2C)nc1. The van der Waals surface area contributed by atoms with Crippen LogP contribution in [0.5, 0.6) is 0 Å². The minimum atomic E-state index is 0.735. The number of nitrogen functional groups attached to an aromatic ring is 1. The summed E-state index contributed by atoms with van der Waals surface area (Å²) in [6.07, 6.45) is 1.88. The van der Waals surface area contributed by atoms with E-state index in [0.717, 1.165) is 22.8 Å². The Morgan fingerprint density at radius 3 is 2.78 bits per heavy atom. The van der Waals surface area contributed by atoms with Crippen LogP contribution in [-0.4, -0.2) is 4.98 Å². The van der Waals surface area contributed by atoms with Crippen molar-refractivity contribution >= 4 is 17.6 Å². The molecule has 1 aromatic carbocycles. The van der Waals surface area contributed by atoms with Crippen LogP contribution in [0, 0.1) is 13.8 Å². The number of hydrogen-bond acceptors (Lipinski definition) is 4. The summed E-state index contributed by atoms with van der Waals surface area (Å²) in [5.41, 5.74) is 10.0. The molecule has 18 heavy (non-hydrogen) atoms. The van der Waals surface area contributed by atoms with Crippen LogP contribution in [0.25, 0.3) is 0 Å². The maximum absolute atomic E-state index is 5.77. The van der Waals surface area contributed by atoms with Gasteiger partial charge in [-0.05, 0) is 55.1 Å². The van der Waals surface area contributed by atoms with Gasteiger partial charge in [-0.15, -0.1) is 0 Å². The Labute approximate surface area is 112 Å². The second-order valence-corrected chi connectivity index (χ2v) is 5.21. The smallest absolute Gasteiger partial charge is 0.0551 e. The lowest BCUT2D eigenvalue weighted by Gasteiger charge is -2.07. The lowest BCUT2D eigenvalue weighted by Crippen LogP contribution is -2.05. The van der Waals surface area contributed by atoms with Crippen molar-refractivity contribution in [1.29, 1.82) is 0 Å². The molecule has 3 N–H and O–H groups in total. The number of pyridine rings is 1. The van der Waals surface area contributed by atoms with Crippen LogP contribution < -0.4 is 10.5 Å². The van der Waals surface area contributed by atoms with E-state index in [4.69, 9.17) is 5.73 Å². The molecule has 0 aliphatic heterocycles. The molecule has 0 saturated carbocycles. The van der Waals surface area contributed by atoms with E-state index in [9.17, 15) is 0 Å². The fourth-order valence-electron chi connectivity index (χ4n) is 1.52. The number of nitrogens with two attached hydrogens (primary N) is 1. The maximum atomic E-state index is 5.77. The highest BCUT2D eigenvalue weighted by Gasteiger charge is 2.00. The van der Waals surface area contributed by atoms with Crippen LogP contribution >= 0.6 is 11.9 Å². The van der Waals surface area contributed by atoms with Crippen molar-refractivity contribution in [2.24, 2.45) is 0 Å². The van der Waals surface area contributed by atoms with Crippen molar-refractivity contribution < 1.29 is 0 Å². The van der Waals surface area contributed by atoms with Gasteiger partial charge in [0.05, 0.1) is 5.69 Å². The van der Waals surface area contributed by atoms with Gasteiger partial charge in [-0.3, -0.25) is 9.71 Å². The fraction of sp³-hybridized carbons (Fsp3) is 0.214. The van der Waals surface area contributed by atoms with E-state index >= 15 is 0 Å². The van der Waals surface area contributed by atoms with Gasteiger partial charge in [-0.2, -0.15) is 0 Å². The summed E-state index contributed by atoms with van der Waals surface area (Å²) in [5, 5.41) is 0. The molecule has 0 unspecified atom stereocenters. The number of nitrogens with one attached hydrogen (secondary N) is 1. The predicted molar refractivity (Wildman–Crippen MR) is 77.3 cm³/mol. The standard InChI is InChI=1S/C14H17N3S/c1-10-3-6-13(16-8-10)9-17-18-14-7-12(15)5-4-11(14)2/h3-8,17H,9,15H2,1-2H3. The Balaban J connectivity index is 1.92. The average Bonchev–Trinajstić information content (AvgIpc) is 2.36. The highest BCUT2D eigenvalue weighted by Crippen LogP contribution is 2.22. The van der Waals surface area contributed by atoms with E-state index in [-0.39, 0.29) is 0 Å². The van der Waals surface area contributed by atoms with Crippen LogP contribution in [0.15, 0.2) is 41.4 Å². The van der Waals surface area contributed by atoms with Gasteiger partial charge in [0, 0.05) is 23.3 Å². The summed E-state index contributed by atoms with van der Waals surface area (Å²) in [6, 6.07) is 10.0. The number of hydrogen-bond donors (Lipinski definition) is 2. The van der Waals surface area contributed by atoms with Crippen molar-refractivity contribution in [1.82, 2.24) is 9.71 Å². The van der Waals surface area contributed by atoms with Gasteiger partial charge in [-0.25, -0.2) is 0 Å². The Morgan fingerprint density at radius 2 is 2.06 bits per heavy atom. The first-order chi connectivity index (χ1) is 8.65. The van der Waals surface area contributed by atoms with E-state index in [1.807, 2.05) is 37.4 Å². The number of aryl methyl sites for hydroxylation is 2. The van der Waals surface area contributed by atoms with Gasteiger partial charge in [0.15, 0.2) is 0 Å². The normalized spacial score (nSPS) is 10.6. The zero-order valence-electron chi connectivity index (χ0n) is 10.6. The van der Waals surface area contributed by atoms with E-state index in [1.165, 1.54) is 11.1 Å². The molecule has 2 rings (SSSR count). The second-order valence-electron chi connectivity index (χ2n) is 4.27. The third kappa shape index (κ3) is 3.48. The fourth-order valence-corrected chi connectivity index (χ4v) is 2.32. The molecule has 0 saturated heterocycles. The largest absolute Gasteiger partial charge is 0.399 e. The van der Waals surface area contributed by atoms with E-state index in [2.05, 4.69) is 22.7 Å². The van der Waals surface area contributed by atoms with Crippen LogP contribution in [0.1, 0.15) is 16.8 Å². The van der Waals surface area contributed by atoms with Crippen molar-refractivity contribution in [2.45, 2.75) is 25.3 Å². The summed E-state index contributed by atoms with van der Waals surface area (Å²) in [4.78, 5) is 5.50. The minimum Gasteiger partial charge on any atom is -0.399 e. The molecule has 0 fully saturated rings. The summed E-state index contributed by atoms with van der Waals surface area (Å²) in [5.74, 6) is 0. The van der Waals surface area contributed by atoms with Gasteiger partial charge < -0.3 is 5.73 Å². The third-order valence-corrected chi connectivity index (χ3v) is 3.57. The molecule has 1 aromatic heterocycles. The van der Waals surface area contributed by atoms with E-state index < -0.39 is 0 Å². The molecule has 0 atom stereocenters. The van der Waals surface area contributed by atoms with E-state index in [0.29, 0.717) is 0 Å². The predicted octanol–water partition coefficient (Wildman–Crippen LogP) is 3.08. The summed E-state index contributed by atoms with van der Waals surface area (Å²) < 4.78 is 3.30. The monoisotopic (exact) mass is 259 g/mol. The number of rotatable bonds is 4. The lowest BCUT2D eigenvalue weighted by molar-refractivity contribution is 0.917. The quantitative estimate of drug-likeness (QED) is 0.654. The first-order valence-electron chi connectivity index (χ1n) is 5.82. The molecule has 0 aliphatic carbocycles. The van der Waals surface area contributed by atoms with Crippen LogP contribution in [0.2, 0.25) is 0 Å². The molecule has 0 bridgehead atoms. The van der Waals surface area contributed by atoms with Crippen LogP contribution in [-0.2, 0) is 6.54 Å². The van der Waals surface area contributed by atoms with Gasteiger partial charge in [-0.1, -0.05) is 12.1 Å². The first-order valence-corrected chi connectivity index (χ1v) is 6.64. The second kappa shape index (κ2) is 5.89. The number of benzene rings is 1. The van der Waals surface area contributed by atoms with Crippen molar-refractivity contribution in [3.8, 4) is 0 Å². The maximum Gasteiger partial charge on any atom is 0.0551 e. The highest BCUT2D eigenvalue weighted by molar-refractivity contribution is 7.97. The lowest BCUT2D eigenvalue weighted by atomic mass is 10.2. The topological polar surface area (TPSA) is 50.9 Å². The number of aromatic nitrogens is 1. The van der Waals surface area contributed by atoms with Gasteiger partial charge in [0.2, 0.25) is 0 Å². The first kappa shape index (κ1) is 12.9.